The lowest BCUT2D eigenvalue weighted by molar-refractivity contribution is -0.384. The number of nitro benzene ring substituents is 1. The number of carbonyl (C=O) groups is 2. The van der Waals surface area contributed by atoms with Gasteiger partial charge >= 0.3 is 6.03 Å². The quantitative estimate of drug-likeness (QED) is 0.581. The van der Waals surface area contributed by atoms with E-state index >= 15 is 0 Å². The Kier molecular flexibility index (Phi) is 7.35. The molecule has 0 radical (unpaired) electrons. The number of carbonyl (C=O) groups excluding carboxylic acids is 2. The van der Waals surface area contributed by atoms with Gasteiger partial charge in [0.05, 0.1) is 11.5 Å². The van der Waals surface area contributed by atoms with Crippen molar-refractivity contribution in [1.29, 1.82) is 0 Å². The largest absolute Gasteiger partial charge is 0.335 e. The fraction of sp³-hybridized carbons (Fsp3) is 0.529. The Morgan fingerprint density at radius 2 is 2.00 bits per heavy atom. The molecule has 0 atom stereocenters. The number of rotatable bonds is 6. The molecule has 3 amide bonds. The lowest BCUT2D eigenvalue weighted by Crippen LogP contribution is -2.47. The number of nitrogens with zero attached hydrogens (tertiary/aromatic N) is 2. The van der Waals surface area contributed by atoms with Crippen LogP contribution in [0.3, 0.4) is 0 Å². The Bertz CT molecular complexity index is 677. The van der Waals surface area contributed by atoms with Crippen molar-refractivity contribution in [3.8, 4) is 0 Å². The lowest BCUT2D eigenvalue weighted by Gasteiger charge is -2.23. The Balaban J connectivity index is 1.82. The van der Waals surface area contributed by atoms with Gasteiger partial charge in [0.25, 0.3) is 5.69 Å². The topological polar surface area (TPSA) is 105 Å². The van der Waals surface area contributed by atoms with Crippen LogP contribution in [0.5, 0.6) is 0 Å². The number of benzene rings is 1. The first-order chi connectivity index (χ1) is 12.3. The molecule has 0 saturated heterocycles. The summed E-state index contributed by atoms with van der Waals surface area (Å²) in [6.07, 6.45) is 5.24. The fourth-order valence-electron chi connectivity index (χ4n) is 3.02. The van der Waals surface area contributed by atoms with Crippen LogP contribution >= 0.6 is 11.6 Å². The Morgan fingerprint density at radius 3 is 2.65 bits per heavy atom. The van der Waals surface area contributed by atoms with E-state index in [1.54, 1.807) is 11.9 Å². The van der Waals surface area contributed by atoms with Gasteiger partial charge in [0.2, 0.25) is 5.91 Å². The molecule has 1 saturated carbocycles. The zero-order valence-electron chi connectivity index (χ0n) is 14.7. The Hall–Kier alpha value is -2.19. The first-order valence-corrected chi connectivity index (χ1v) is 8.94. The van der Waals surface area contributed by atoms with E-state index in [0.717, 1.165) is 25.7 Å². The third-order valence-electron chi connectivity index (χ3n) is 4.29. The van der Waals surface area contributed by atoms with Crippen molar-refractivity contribution in [2.24, 2.45) is 0 Å². The highest BCUT2D eigenvalue weighted by molar-refractivity contribution is 6.31. The number of hydrogen-bond acceptors (Lipinski definition) is 5. The average Bonchev–Trinajstić information content (AvgIpc) is 2.57. The first kappa shape index (κ1) is 20.1. The second-order valence-corrected chi connectivity index (χ2v) is 6.97. The normalized spacial score (nSPS) is 14.9. The SMILES string of the molecule is CN(CC(=O)NC(=O)NC1CCCCC1)Cc1cc([N+](=O)[O-])ccc1Cl. The molecule has 142 valence electrons. The molecule has 0 bridgehead atoms. The molecule has 0 aromatic heterocycles. The summed E-state index contributed by atoms with van der Waals surface area (Å²) in [5.41, 5.74) is 0.483. The molecule has 1 aromatic rings. The van der Waals surface area contributed by atoms with Crippen molar-refractivity contribution in [2.75, 3.05) is 13.6 Å². The number of hydrogen-bond donors (Lipinski definition) is 2. The number of nitro groups is 1. The molecule has 1 aromatic carbocycles. The summed E-state index contributed by atoms with van der Waals surface area (Å²) in [7, 11) is 1.67. The molecule has 0 aliphatic heterocycles. The van der Waals surface area contributed by atoms with Crippen LogP contribution in [0.1, 0.15) is 37.7 Å². The molecular formula is C17H23ClN4O4. The Labute approximate surface area is 157 Å². The van der Waals surface area contributed by atoms with Gasteiger partial charge in [-0.2, -0.15) is 0 Å². The van der Waals surface area contributed by atoms with Gasteiger partial charge in [0.1, 0.15) is 0 Å². The van der Waals surface area contributed by atoms with E-state index in [2.05, 4.69) is 10.6 Å². The monoisotopic (exact) mass is 382 g/mol. The second kappa shape index (κ2) is 9.49. The van der Waals surface area contributed by atoms with Crippen molar-refractivity contribution < 1.29 is 14.5 Å². The van der Waals surface area contributed by atoms with Crippen molar-refractivity contribution in [3.63, 3.8) is 0 Å². The summed E-state index contributed by atoms with van der Waals surface area (Å²) < 4.78 is 0. The molecule has 2 N–H and O–H groups in total. The molecule has 0 spiro atoms. The summed E-state index contributed by atoms with van der Waals surface area (Å²) in [4.78, 5) is 35.9. The minimum absolute atomic E-state index is 0.0306. The first-order valence-electron chi connectivity index (χ1n) is 8.57. The standard InChI is InChI=1S/C17H23ClN4O4/c1-21(10-12-9-14(22(25)26)7-8-15(12)18)11-16(23)20-17(24)19-13-5-3-2-4-6-13/h7-9,13H,2-6,10-11H2,1H3,(H2,19,20,23,24). The number of urea groups is 1. The van der Waals surface area contributed by atoms with E-state index in [9.17, 15) is 19.7 Å². The molecule has 0 unspecified atom stereocenters. The van der Waals surface area contributed by atoms with Crippen LogP contribution < -0.4 is 10.6 Å². The van der Waals surface area contributed by atoms with Crippen LogP contribution in [0, 0.1) is 10.1 Å². The maximum atomic E-state index is 12.0. The van der Waals surface area contributed by atoms with Crippen molar-refractivity contribution >= 4 is 29.2 Å². The summed E-state index contributed by atoms with van der Waals surface area (Å²) >= 11 is 6.06. The molecule has 1 aliphatic rings. The average molecular weight is 383 g/mol. The van der Waals surface area contributed by atoms with Crippen LogP contribution in [0.15, 0.2) is 18.2 Å². The van der Waals surface area contributed by atoms with E-state index in [-0.39, 0.29) is 24.8 Å². The van der Waals surface area contributed by atoms with Crippen LogP contribution in [0.2, 0.25) is 5.02 Å². The predicted molar refractivity (Wildman–Crippen MR) is 98.0 cm³/mol. The predicted octanol–water partition coefficient (Wildman–Crippen LogP) is 2.84. The minimum atomic E-state index is -0.498. The van der Waals surface area contributed by atoms with Gasteiger partial charge in [-0.1, -0.05) is 30.9 Å². The number of non-ortho nitro benzene ring substituents is 1. The molecule has 1 aliphatic carbocycles. The second-order valence-electron chi connectivity index (χ2n) is 6.56. The van der Waals surface area contributed by atoms with Crippen LogP contribution in [-0.2, 0) is 11.3 Å². The number of imide groups is 1. The van der Waals surface area contributed by atoms with E-state index in [1.807, 2.05) is 0 Å². The van der Waals surface area contributed by atoms with Crippen molar-refractivity contribution in [2.45, 2.75) is 44.7 Å². The van der Waals surface area contributed by atoms with E-state index in [0.29, 0.717) is 10.6 Å². The van der Waals surface area contributed by atoms with Crippen LogP contribution in [-0.4, -0.2) is 41.4 Å². The summed E-state index contributed by atoms with van der Waals surface area (Å²) in [5.74, 6) is -0.442. The third-order valence-corrected chi connectivity index (χ3v) is 4.66. The lowest BCUT2D eigenvalue weighted by atomic mass is 9.96. The maximum Gasteiger partial charge on any atom is 0.321 e. The summed E-state index contributed by atoms with van der Waals surface area (Å²) in [6, 6.07) is 3.81. The number of nitrogens with one attached hydrogen (secondary N) is 2. The maximum absolute atomic E-state index is 12.0. The molecule has 8 nitrogen and oxygen atoms in total. The van der Waals surface area contributed by atoms with Crippen molar-refractivity contribution in [3.05, 3.63) is 38.9 Å². The van der Waals surface area contributed by atoms with E-state index in [1.165, 1.54) is 24.6 Å². The van der Waals surface area contributed by atoms with E-state index in [4.69, 9.17) is 11.6 Å². The molecule has 26 heavy (non-hydrogen) atoms. The highest BCUT2D eigenvalue weighted by Crippen LogP contribution is 2.23. The van der Waals surface area contributed by atoms with E-state index < -0.39 is 16.9 Å². The molecule has 9 heteroatoms. The smallest absolute Gasteiger partial charge is 0.321 e. The van der Waals surface area contributed by atoms with Gasteiger partial charge in [-0.05, 0) is 31.5 Å². The molecule has 2 rings (SSSR count). The van der Waals surface area contributed by atoms with Gasteiger partial charge in [0.15, 0.2) is 0 Å². The van der Waals surface area contributed by atoms with Crippen LogP contribution in [0.25, 0.3) is 0 Å². The molecular weight excluding hydrogens is 360 g/mol. The van der Waals surface area contributed by atoms with Crippen LogP contribution in [0.4, 0.5) is 10.5 Å². The molecule has 0 heterocycles. The number of halogens is 1. The fourth-order valence-corrected chi connectivity index (χ4v) is 3.20. The zero-order valence-corrected chi connectivity index (χ0v) is 15.4. The highest BCUT2D eigenvalue weighted by atomic mass is 35.5. The summed E-state index contributed by atoms with van der Waals surface area (Å²) in [5, 5.41) is 16.4. The number of amides is 3. The third kappa shape index (κ3) is 6.27. The molecule has 1 fully saturated rings. The Morgan fingerprint density at radius 1 is 1.31 bits per heavy atom. The van der Waals surface area contributed by atoms with Gasteiger partial charge in [0, 0.05) is 29.7 Å². The highest BCUT2D eigenvalue weighted by Gasteiger charge is 2.18. The van der Waals surface area contributed by atoms with Crippen molar-refractivity contribution in [1.82, 2.24) is 15.5 Å². The number of likely N-dealkylation sites (N-methyl/N-ethyl adjacent to an activating group) is 1. The van der Waals surface area contributed by atoms with Gasteiger partial charge in [-0.15, -0.1) is 0 Å². The zero-order chi connectivity index (χ0) is 19.1. The van der Waals surface area contributed by atoms with Gasteiger partial charge in [-0.25, -0.2) is 4.79 Å². The minimum Gasteiger partial charge on any atom is -0.335 e. The summed E-state index contributed by atoms with van der Waals surface area (Å²) in [6.45, 7) is 0.218. The van der Waals surface area contributed by atoms with Gasteiger partial charge in [-0.3, -0.25) is 25.1 Å². The van der Waals surface area contributed by atoms with Gasteiger partial charge < -0.3 is 5.32 Å².